The molecule has 0 fully saturated rings. The van der Waals surface area contributed by atoms with Crippen molar-refractivity contribution in [3.05, 3.63) is 140 Å². The van der Waals surface area contributed by atoms with Gasteiger partial charge in [0.05, 0.1) is 67.5 Å². The molecule has 0 spiro atoms. The predicted octanol–water partition coefficient (Wildman–Crippen LogP) is 7.12. The van der Waals surface area contributed by atoms with E-state index >= 15 is 0 Å². The molecule has 6 aliphatic rings. The summed E-state index contributed by atoms with van der Waals surface area (Å²) < 4.78 is 84.7. The number of carbonyl (C=O) groups is 6. The zero-order chi connectivity index (χ0) is 66.1. The Morgan fingerprint density at radius 2 is 0.804 bits per heavy atom. The van der Waals surface area contributed by atoms with E-state index in [1.165, 1.54) is 81.4 Å². The van der Waals surface area contributed by atoms with Crippen molar-refractivity contribution >= 4 is 52.9 Å². The number of rotatable bonds is 6. The lowest BCUT2D eigenvalue weighted by atomic mass is 9.99. The minimum Gasteiger partial charge on any atom is -0.317 e. The molecule has 484 valence electrons. The van der Waals surface area contributed by atoms with Crippen LogP contribution in [0.25, 0.3) is 0 Å². The minimum atomic E-state index is -0.832. The number of aromatic nitrogens is 6. The lowest BCUT2D eigenvalue weighted by Crippen LogP contribution is -2.45. The summed E-state index contributed by atoms with van der Waals surface area (Å²) in [5, 5.41) is 42.6. The Morgan fingerprint density at radius 3 is 1.09 bits per heavy atom. The summed E-state index contributed by atoms with van der Waals surface area (Å²) in [6.45, 7) is 5.62. The molecule has 26 nitrogen and oxygen atoms in total. The Kier molecular flexibility index (Phi) is 18.9. The fourth-order valence-electron chi connectivity index (χ4n) is 11.6. The summed E-state index contributed by atoms with van der Waals surface area (Å²) in [5.74, 6) is -3.04. The molecule has 0 radical (unpaired) electrons. The molecule has 32 heteroatoms. The molecule has 6 atom stereocenters. The molecule has 0 saturated carbocycles. The van der Waals surface area contributed by atoms with Crippen LogP contribution in [0.2, 0.25) is 0 Å². The van der Waals surface area contributed by atoms with Gasteiger partial charge >= 0.3 is 18.1 Å². The Balaban J connectivity index is 0.000000151. The minimum absolute atomic E-state index is 0.0853. The normalized spacial score (nSPS) is 20.8. The zero-order valence-electron chi connectivity index (χ0n) is 50.8. The van der Waals surface area contributed by atoms with Crippen molar-refractivity contribution in [2.24, 2.45) is 0 Å². The van der Waals surface area contributed by atoms with E-state index in [0.29, 0.717) is 64.3 Å². The molecule has 6 aromatic rings. The van der Waals surface area contributed by atoms with E-state index in [4.69, 9.17) is 25.0 Å². The van der Waals surface area contributed by atoms with Gasteiger partial charge in [0.15, 0.2) is 0 Å². The molecule has 9 heterocycles. The topological polar surface area (TPSA) is 287 Å². The SMILES string of the molecule is C[C@@H]1Cc2nn3c(c2CN1C(=O)Nc1ccc(F)c(C#N)c1)C(=O)N(C)O[C@@H](CF)C3.C[C@@H]1Cc2nn3c(c2CN1C(=O)Nc1ccc(F)c(C#N)c1)C(=O)N(C)O[C@H](CF)C3.Cc1cc(NC(=O)N2Cc3c(nn4c3C(=O)N(C)O[C@@H](CF)C4)C[C@H]2C)ccc1F. The lowest BCUT2D eigenvalue weighted by Gasteiger charge is -2.33. The number of hydrogen-bond acceptors (Lipinski definition) is 14. The average molecular weight is 1280 g/mol. The van der Waals surface area contributed by atoms with Crippen molar-refractivity contribution in [2.75, 3.05) is 57.1 Å². The second-order valence-electron chi connectivity index (χ2n) is 22.8. The van der Waals surface area contributed by atoms with Gasteiger partial charge < -0.3 is 30.7 Å². The Hall–Kier alpha value is -10.1. The molecule has 3 aromatic carbocycles. The Morgan fingerprint density at radius 1 is 0.511 bits per heavy atom. The zero-order valence-corrected chi connectivity index (χ0v) is 50.8. The summed E-state index contributed by atoms with van der Waals surface area (Å²) in [6.07, 6.45) is -1.19. The monoisotopic (exact) mass is 1280 g/mol. The Labute approximate surface area is 522 Å². The molecule has 0 unspecified atom stereocenters. The van der Waals surface area contributed by atoms with E-state index in [9.17, 15) is 55.1 Å². The second-order valence-corrected chi connectivity index (χ2v) is 22.8. The summed E-state index contributed by atoms with van der Waals surface area (Å²) in [6, 6.07) is 13.4. The van der Waals surface area contributed by atoms with Gasteiger partial charge in [-0.25, -0.2) is 55.9 Å². The first kappa shape index (κ1) is 64.9. The van der Waals surface area contributed by atoms with Crippen molar-refractivity contribution in [1.29, 1.82) is 10.5 Å². The van der Waals surface area contributed by atoms with Crippen LogP contribution in [-0.2, 0) is 73.0 Å². The molecular weight excluding hydrogens is 1220 g/mol. The van der Waals surface area contributed by atoms with Gasteiger partial charge in [-0.3, -0.25) is 42.9 Å². The largest absolute Gasteiger partial charge is 0.322 e. The number of benzene rings is 3. The van der Waals surface area contributed by atoms with Gasteiger partial charge in [0.2, 0.25) is 0 Å². The number of nitriles is 2. The molecular formula is C60H63F6N17O9. The summed E-state index contributed by atoms with van der Waals surface area (Å²) in [7, 11) is 4.27. The number of urea groups is 3. The highest BCUT2D eigenvalue weighted by Crippen LogP contribution is 2.34. The third kappa shape index (κ3) is 13.1. The van der Waals surface area contributed by atoms with E-state index < -0.39 is 79.8 Å². The number of amides is 9. The molecule has 0 aliphatic carbocycles. The van der Waals surface area contributed by atoms with Crippen molar-refractivity contribution in [3.8, 4) is 12.1 Å². The summed E-state index contributed by atoms with van der Waals surface area (Å²) in [5.41, 5.74) is 5.88. The maximum Gasteiger partial charge on any atom is 0.322 e. The number of anilines is 3. The highest BCUT2D eigenvalue weighted by molar-refractivity contribution is 5.97. The first-order valence-electron chi connectivity index (χ1n) is 29.1. The molecule has 92 heavy (non-hydrogen) atoms. The van der Waals surface area contributed by atoms with Crippen LogP contribution < -0.4 is 16.0 Å². The molecule has 9 amide bonds. The summed E-state index contributed by atoms with van der Waals surface area (Å²) >= 11 is 0. The van der Waals surface area contributed by atoms with E-state index in [-0.39, 0.29) is 103 Å². The van der Waals surface area contributed by atoms with Crippen molar-refractivity contribution in [2.45, 2.75) is 123 Å². The first-order chi connectivity index (χ1) is 43.9. The van der Waals surface area contributed by atoms with E-state index in [2.05, 4.69) is 31.2 Å². The third-order valence-corrected chi connectivity index (χ3v) is 16.4. The molecule has 0 bridgehead atoms. The van der Waals surface area contributed by atoms with Gasteiger partial charge in [-0.1, -0.05) is 0 Å². The molecule has 0 saturated heterocycles. The summed E-state index contributed by atoms with van der Waals surface area (Å²) in [4.78, 5) is 97.8. The van der Waals surface area contributed by atoms with Crippen molar-refractivity contribution < 1.29 is 69.6 Å². The molecule has 3 N–H and O–H groups in total. The molecule has 12 rings (SSSR count). The number of aryl methyl sites for hydroxylation is 1. The lowest BCUT2D eigenvalue weighted by molar-refractivity contribution is -0.152. The second kappa shape index (κ2) is 26.8. The maximum atomic E-state index is 13.5. The quantitative estimate of drug-likeness (QED) is 0.140. The van der Waals surface area contributed by atoms with Crippen LogP contribution in [0.15, 0.2) is 54.6 Å². The van der Waals surface area contributed by atoms with Crippen molar-refractivity contribution in [1.82, 2.24) is 59.2 Å². The third-order valence-electron chi connectivity index (χ3n) is 16.4. The average Bonchev–Trinajstić information content (AvgIpc) is 1.62. The van der Waals surface area contributed by atoms with Crippen LogP contribution in [0.3, 0.4) is 0 Å². The molecule has 6 aliphatic heterocycles. The van der Waals surface area contributed by atoms with Gasteiger partial charge in [-0.15, -0.1) is 0 Å². The number of hydrogen-bond donors (Lipinski definition) is 3. The maximum absolute atomic E-state index is 13.5. The number of fused-ring (bicyclic) bond motifs is 9. The smallest absolute Gasteiger partial charge is 0.317 e. The number of alkyl halides is 3. The Bertz CT molecular complexity index is 3820. The van der Waals surface area contributed by atoms with E-state index in [1.54, 1.807) is 30.0 Å². The van der Waals surface area contributed by atoms with Gasteiger partial charge in [-0.05, 0) is 87.9 Å². The van der Waals surface area contributed by atoms with Gasteiger partial charge in [0.25, 0.3) is 17.7 Å². The van der Waals surface area contributed by atoms with Crippen LogP contribution in [-0.4, -0.2) is 173 Å². The fourth-order valence-corrected chi connectivity index (χ4v) is 11.6. The van der Waals surface area contributed by atoms with Crippen LogP contribution in [0.1, 0.15) is 103 Å². The van der Waals surface area contributed by atoms with Crippen molar-refractivity contribution in [3.63, 3.8) is 0 Å². The van der Waals surface area contributed by atoms with E-state index in [0.717, 1.165) is 33.0 Å². The first-order valence-corrected chi connectivity index (χ1v) is 29.1. The van der Waals surface area contributed by atoms with Crippen LogP contribution in [0, 0.1) is 47.0 Å². The van der Waals surface area contributed by atoms with Gasteiger partial charge in [0, 0.05) is 92.3 Å². The number of halogens is 6. The fraction of sp³-hybridized carbons (Fsp3) is 0.417. The van der Waals surface area contributed by atoms with Gasteiger partial charge in [0.1, 0.15) is 85.0 Å². The predicted molar refractivity (Wildman–Crippen MR) is 312 cm³/mol. The number of nitrogens with zero attached hydrogens (tertiary/aromatic N) is 14. The number of carbonyl (C=O) groups excluding carboxylic acids is 6. The number of nitrogens with one attached hydrogen (secondary N) is 3. The molecule has 3 aromatic heterocycles. The number of hydroxylamine groups is 6. The highest BCUT2D eigenvalue weighted by atomic mass is 19.1. The van der Waals surface area contributed by atoms with Crippen LogP contribution in [0.5, 0.6) is 0 Å². The van der Waals surface area contributed by atoms with Crippen LogP contribution >= 0.6 is 0 Å². The standard InChI is InChI=1S/2C20H20F2N6O3.C20H23F2N5O3/c2*1-11-5-17-15(18-19(29)26(2)31-14(7-21)9-28(18)25-17)10-27(11)20(30)24-13-3-4-16(22)12(6-13)8-23;1-11-6-13(4-5-16(11)22)23-20(29)26-10-15-17(7-12(26)2)24-27-9-14(8-21)30-25(3)19(28)18(15)27/h2*3-4,6,11,14H,5,7,9-10H2,1-2H3,(H,24,30);4-6,12,14H,7-10H2,1-3H3,(H,23,29)/t11-,14+;11-,14-;12-,14+/m111/s1. The van der Waals surface area contributed by atoms with E-state index in [1.807, 2.05) is 20.8 Å². The highest BCUT2D eigenvalue weighted by Gasteiger charge is 2.41. The van der Waals surface area contributed by atoms with Crippen LogP contribution in [0.4, 0.5) is 57.8 Å². The van der Waals surface area contributed by atoms with Gasteiger partial charge in [-0.2, -0.15) is 25.8 Å².